The summed E-state index contributed by atoms with van der Waals surface area (Å²) in [6, 6.07) is 8.28. The number of halogens is 5. The normalized spacial score (nSPS) is 22.9. The number of esters is 2. The Balaban J connectivity index is 1.71. The highest BCUT2D eigenvalue weighted by atomic mass is 35.5. The minimum Gasteiger partial charge on any atom is -0.459 e. The second-order valence-corrected chi connectivity index (χ2v) is 8.24. The fraction of sp³-hybridized carbons (Fsp3) is 0.300. The van der Waals surface area contributed by atoms with E-state index in [4.69, 9.17) is 60.6 Å². The van der Waals surface area contributed by atoms with Crippen LogP contribution in [0.5, 0.6) is 0 Å². The van der Waals surface area contributed by atoms with E-state index in [9.17, 15) is 19.1 Å². The van der Waals surface area contributed by atoms with Gasteiger partial charge in [0.1, 0.15) is 18.8 Å². The quantitative estimate of drug-likeness (QED) is 0.562. The van der Waals surface area contributed by atoms with Crippen molar-refractivity contribution < 1.29 is 33.3 Å². The topological polar surface area (TPSA) is 82.1 Å². The molecule has 6 nitrogen and oxygen atoms in total. The predicted molar refractivity (Wildman–Crippen MR) is 113 cm³/mol. The van der Waals surface area contributed by atoms with Crippen LogP contribution in [0.15, 0.2) is 36.4 Å². The van der Waals surface area contributed by atoms with Gasteiger partial charge in [-0.05, 0) is 36.4 Å². The first-order valence-corrected chi connectivity index (χ1v) is 10.4. The molecule has 1 fully saturated rings. The lowest BCUT2D eigenvalue weighted by molar-refractivity contribution is -0.0503. The van der Waals surface area contributed by atoms with Crippen LogP contribution in [0.2, 0.25) is 20.1 Å². The molecule has 0 aliphatic carbocycles. The van der Waals surface area contributed by atoms with Crippen LogP contribution in [0.3, 0.4) is 0 Å². The zero-order valence-corrected chi connectivity index (χ0v) is 18.6. The second-order valence-electron chi connectivity index (χ2n) is 6.56. The number of aliphatic hydroxyl groups is 1. The minimum absolute atomic E-state index is 0.0193. The molecule has 1 aliphatic heterocycles. The van der Waals surface area contributed by atoms with E-state index in [2.05, 4.69) is 0 Å². The maximum atomic E-state index is 14.7. The standard InChI is InChI=1S/C20H15Cl4FO6/c21-9-1-3-11(13(23)5-9)19(27)29-8-16-18(17(25)15(7-26)30-16)31-20(28)12-4-2-10(22)6-14(12)24/h1-6,15-18,26H,7-8H2/t15?,16-,17-,18-/m1/s1. The van der Waals surface area contributed by atoms with E-state index in [1.807, 2.05) is 0 Å². The molecule has 166 valence electrons. The molecular formula is C20H15Cl4FO6. The van der Waals surface area contributed by atoms with Gasteiger partial charge in [0.05, 0.1) is 27.8 Å². The van der Waals surface area contributed by atoms with Gasteiger partial charge in [-0.3, -0.25) is 0 Å². The number of ether oxygens (including phenoxy) is 3. The predicted octanol–water partition coefficient (Wildman–Crippen LogP) is 4.78. The van der Waals surface area contributed by atoms with Crippen molar-refractivity contribution in [1.82, 2.24) is 0 Å². The Hall–Kier alpha value is -1.61. The number of carbonyl (C=O) groups excluding carboxylic acids is 2. The molecule has 0 spiro atoms. The molecule has 4 atom stereocenters. The monoisotopic (exact) mass is 510 g/mol. The molecule has 1 unspecified atom stereocenters. The van der Waals surface area contributed by atoms with E-state index in [1.165, 1.54) is 36.4 Å². The summed E-state index contributed by atoms with van der Waals surface area (Å²) in [6.45, 7) is -1.12. The van der Waals surface area contributed by atoms with E-state index in [0.717, 1.165) is 0 Å². The molecule has 1 N–H and O–H groups in total. The van der Waals surface area contributed by atoms with Gasteiger partial charge in [-0.15, -0.1) is 0 Å². The summed E-state index contributed by atoms with van der Waals surface area (Å²) < 4.78 is 30.5. The number of aliphatic hydroxyl groups excluding tert-OH is 1. The van der Waals surface area contributed by atoms with Crippen LogP contribution in [0.1, 0.15) is 20.7 Å². The van der Waals surface area contributed by atoms with Gasteiger partial charge in [0.2, 0.25) is 0 Å². The SMILES string of the molecule is O=C(OC[C@H]1OC(CO)[C@@H](F)[C@@H]1OC(=O)c1ccc(Cl)cc1Cl)c1ccc(Cl)cc1Cl. The zero-order chi connectivity index (χ0) is 22.7. The van der Waals surface area contributed by atoms with E-state index in [0.29, 0.717) is 10.0 Å². The molecule has 1 aliphatic rings. The Morgan fingerprint density at radius 1 is 0.935 bits per heavy atom. The molecule has 0 amide bonds. The third kappa shape index (κ3) is 5.61. The molecule has 31 heavy (non-hydrogen) atoms. The highest BCUT2D eigenvalue weighted by molar-refractivity contribution is 6.37. The van der Waals surface area contributed by atoms with Gasteiger partial charge in [0.25, 0.3) is 0 Å². The third-order valence-corrected chi connectivity index (χ3v) is 5.58. The number of benzene rings is 2. The fourth-order valence-electron chi connectivity index (χ4n) is 2.95. The van der Waals surface area contributed by atoms with Crippen molar-refractivity contribution in [2.45, 2.75) is 24.5 Å². The van der Waals surface area contributed by atoms with Crippen LogP contribution < -0.4 is 0 Å². The van der Waals surface area contributed by atoms with E-state index in [-0.39, 0.29) is 21.2 Å². The maximum absolute atomic E-state index is 14.7. The van der Waals surface area contributed by atoms with Crippen molar-refractivity contribution >= 4 is 58.3 Å². The Morgan fingerprint density at radius 2 is 1.48 bits per heavy atom. The smallest absolute Gasteiger partial charge is 0.340 e. The van der Waals surface area contributed by atoms with E-state index >= 15 is 0 Å². The lowest BCUT2D eigenvalue weighted by Gasteiger charge is -2.20. The summed E-state index contributed by atoms with van der Waals surface area (Å²) >= 11 is 23.6. The molecule has 2 aromatic carbocycles. The van der Waals surface area contributed by atoms with Gasteiger partial charge in [-0.1, -0.05) is 46.4 Å². The molecule has 0 aromatic heterocycles. The van der Waals surface area contributed by atoms with Gasteiger partial charge in [0, 0.05) is 10.0 Å². The molecule has 0 radical (unpaired) electrons. The first-order valence-electron chi connectivity index (χ1n) is 8.90. The minimum atomic E-state index is -1.86. The number of carbonyl (C=O) groups is 2. The van der Waals surface area contributed by atoms with Crippen LogP contribution in [0.4, 0.5) is 4.39 Å². The van der Waals surface area contributed by atoms with Crippen LogP contribution in [-0.2, 0) is 14.2 Å². The summed E-state index contributed by atoms with van der Waals surface area (Å²) in [5, 5.41) is 10.1. The first kappa shape index (κ1) is 24.0. The van der Waals surface area contributed by atoms with Gasteiger partial charge >= 0.3 is 11.9 Å². The number of hydrogen-bond acceptors (Lipinski definition) is 6. The molecule has 0 saturated carbocycles. The Bertz CT molecular complexity index is 988. The lowest BCUT2D eigenvalue weighted by atomic mass is 10.1. The second kappa shape index (κ2) is 10.3. The molecule has 1 heterocycles. The molecule has 0 bridgehead atoms. The lowest BCUT2D eigenvalue weighted by Crippen LogP contribution is -2.37. The Kier molecular flexibility index (Phi) is 8.02. The largest absolute Gasteiger partial charge is 0.459 e. The average Bonchev–Trinajstić information content (AvgIpc) is 3.01. The van der Waals surface area contributed by atoms with Crippen molar-refractivity contribution in [3.8, 4) is 0 Å². The summed E-state index contributed by atoms with van der Waals surface area (Å²) in [4.78, 5) is 24.8. The molecular weight excluding hydrogens is 497 g/mol. The van der Waals surface area contributed by atoms with Crippen molar-refractivity contribution in [2.24, 2.45) is 0 Å². The summed E-state index contributed by atoms with van der Waals surface area (Å²) in [6.07, 6.45) is -5.74. The van der Waals surface area contributed by atoms with Gasteiger partial charge in [-0.2, -0.15) is 0 Å². The van der Waals surface area contributed by atoms with Gasteiger partial charge in [-0.25, -0.2) is 14.0 Å². The number of rotatable bonds is 6. The van der Waals surface area contributed by atoms with Crippen LogP contribution in [-0.4, -0.2) is 54.7 Å². The summed E-state index contributed by atoms with van der Waals surface area (Å²) in [7, 11) is 0. The molecule has 11 heteroatoms. The number of hydrogen-bond donors (Lipinski definition) is 1. The summed E-state index contributed by atoms with van der Waals surface area (Å²) in [5.41, 5.74) is 0.00969. The van der Waals surface area contributed by atoms with Crippen molar-refractivity contribution in [3.63, 3.8) is 0 Å². The Morgan fingerprint density at radius 3 is 2.00 bits per heavy atom. The molecule has 1 saturated heterocycles. The van der Waals surface area contributed by atoms with E-state index in [1.54, 1.807) is 0 Å². The highest BCUT2D eigenvalue weighted by Gasteiger charge is 2.48. The Labute approximate surface area is 196 Å². The average molecular weight is 512 g/mol. The summed E-state index contributed by atoms with van der Waals surface area (Å²) in [5.74, 6) is -1.73. The highest BCUT2D eigenvalue weighted by Crippen LogP contribution is 2.30. The maximum Gasteiger partial charge on any atom is 0.340 e. The van der Waals surface area contributed by atoms with Crippen LogP contribution in [0.25, 0.3) is 0 Å². The third-order valence-electron chi connectivity index (χ3n) is 4.49. The number of alkyl halides is 1. The fourth-order valence-corrected chi connectivity index (χ4v) is 3.92. The van der Waals surface area contributed by atoms with Crippen molar-refractivity contribution in [2.75, 3.05) is 13.2 Å². The van der Waals surface area contributed by atoms with Crippen LogP contribution in [0, 0.1) is 0 Å². The van der Waals surface area contributed by atoms with Crippen LogP contribution >= 0.6 is 46.4 Å². The van der Waals surface area contributed by atoms with Gasteiger partial charge in [0.15, 0.2) is 12.3 Å². The van der Waals surface area contributed by atoms with E-state index < -0.39 is 49.6 Å². The molecule has 3 rings (SSSR count). The van der Waals surface area contributed by atoms with Gasteiger partial charge < -0.3 is 19.3 Å². The van der Waals surface area contributed by atoms with Crippen molar-refractivity contribution in [3.05, 3.63) is 67.6 Å². The van der Waals surface area contributed by atoms with Crippen molar-refractivity contribution in [1.29, 1.82) is 0 Å². The first-order chi connectivity index (χ1) is 14.7. The molecule has 2 aromatic rings. The zero-order valence-electron chi connectivity index (χ0n) is 15.6.